The average molecular weight is 539 g/mol. The standard InChI is InChI=1S/C27H26F4N8/c28-23-18(1-9-35-25(23)27(29,30)31)15-37-12-4-19(5-13-37)38-16-26(17-38,7-8-32)39-14-6-22(36-39)24-20-2-10-33-21(20)3-11-34-24/h1-2,6,9-11,14,19H,3-5,7,12-13,15-17H2. The smallest absolute Gasteiger partial charge is 0.299 e. The van der Waals surface area contributed by atoms with Crippen molar-refractivity contribution >= 4 is 17.6 Å². The fourth-order valence-corrected chi connectivity index (χ4v) is 5.90. The molecule has 0 amide bonds. The Kier molecular flexibility index (Phi) is 6.43. The Labute approximate surface area is 222 Å². The van der Waals surface area contributed by atoms with Crippen LogP contribution in [0.5, 0.6) is 0 Å². The minimum atomic E-state index is -4.82. The lowest BCUT2D eigenvalue weighted by Gasteiger charge is -2.53. The van der Waals surface area contributed by atoms with Gasteiger partial charge in [-0.2, -0.15) is 23.5 Å². The number of nitriles is 1. The van der Waals surface area contributed by atoms with Crippen LogP contribution in [0.4, 0.5) is 17.6 Å². The molecule has 0 N–H and O–H groups in total. The zero-order valence-electron chi connectivity index (χ0n) is 21.1. The summed E-state index contributed by atoms with van der Waals surface area (Å²) in [5.41, 5.74) is 1.62. The van der Waals surface area contributed by atoms with E-state index in [1.165, 1.54) is 6.07 Å². The number of aromatic nitrogens is 3. The van der Waals surface area contributed by atoms with E-state index >= 15 is 0 Å². The Morgan fingerprint density at radius 3 is 2.69 bits per heavy atom. The molecule has 4 aliphatic rings. The molecule has 0 bridgehead atoms. The first-order valence-electron chi connectivity index (χ1n) is 12.9. The number of allylic oxidation sites excluding steroid dienone is 2. The largest absolute Gasteiger partial charge is 0.436 e. The maximum absolute atomic E-state index is 14.4. The van der Waals surface area contributed by atoms with Gasteiger partial charge in [-0.3, -0.25) is 24.5 Å². The molecule has 0 aliphatic carbocycles. The molecule has 0 saturated carbocycles. The van der Waals surface area contributed by atoms with E-state index in [0.29, 0.717) is 39.0 Å². The minimum Gasteiger partial charge on any atom is -0.299 e. The van der Waals surface area contributed by atoms with Gasteiger partial charge >= 0.3 is 6.18 Å². The van der Waals surface area contributed by atoms with E-state index in [4.69, 9.17) is 5.10 Å². The van der Waals surface area contributed by atoms with E-state index in [9.17, 15) is 22.8 Å². The highest BCUT2D eigenvalue weighted by atomic mass is 19.4. The molecule has 39 heavy (non-hydrogen) atoms. The molecule has 0 atom stereocenters. The first-order chi connectivity index (χ1) is 18.8. The number of likely N-dealkylation sites (tertiary alicyclic amines) is 2. The summed E-state index contributed by atoms with van der Waals surface area (Å²) in [6, 6.07) is 5.85. The van der Waals surface area contributed by atoms with Crippen molar-refractivity contribution in [2.24, 2.45) is 9.98 Å². The number of halogens is 4. The van der Waals surface area contributed by atoms with Crippen LogP contribution in [0.15, 0.2) is 52.4 Å². The number of hydrogen-bond donors (Lipinski definition) is 0. The summed E-state index contributed by atoms with van der Waals surface area (Å²) >= 11 is 0. The van der Waals surface area contributed by atoms with Crippen molar-refractivity contribution in [3.63, 3.8) is 0 Å². The van der Waals surface area contributed by atoms with Gasteiger partial charge in [0, 0.05) is 68.0 Å². The van der Waals surface area contributed by atoms with Gasteiger partial charge in [-0.15, -0.1) is 0 Å². The number of fused-ring (bicyclic) bond motifs is 1. The Balaban J connectivity index is 1.09. The van der Waals surface area contributed by atoms with E-state index in [1.807, 2.05) is 34.1 Å². The summed E-state index contributed by atoms with van der Waals surface area (Å²) in [5, 5.41) is 14.4. The van der Waals surface area contributed by atoms with Crippen molar-refractivity contribution in [2.75, 3.05) is 26.2 Å². The molecule has 2 saturated heterocycles. The molecule has 0 spiro atoms. The van der Waals surface area contributed by atoms with Gasteiger partial charge in [-0.05, 0) is 44.1 Å². The first kappa shape index (κ1) is 25.6. The Hall–Kier alpha value is -3.69. The third-order valence-electron chi connectivity index (χ3n) is 7.97. The molecule has 0 aromatic carbocycles. The van der Waals surface area contributed by atoms with Crippen LogP contribution in [0, 0.1) is 17.1 Å². The van der Waals surface area contributed by atoms with Crippen LogP contribution < -0.4 is 0 Å². The third-order valence-corrected chi connectivity index (χ3v) is 7.97. The van der Waals surface area contributed by atoms with Gasteiger partial charge < -0.3 is 0 Å². The van der Waals surface area contributed by atoms with Gasteiger partial charge in [0.15, 0.2) is 11.5 Å². The fourth-order valence-electron chi connectivity index (χ4n) is 5.90. The summed E-state index contributed by atoms with van der Waals surface area (Å²) < 4.78 is 55.4. The van der Waals surface area contributed by atoms with Crippen molar-refractivity contribution in [1.29, 1.82) is 5.26 Å². The molecule has 4 aliphatic heterocycles. The zero-order valence-corrected chi connectivity index (χ0v) is 21.1. The number of piperidine rings is 1. The van der Waals surface area contributed by atoms with Crippen LogP contribution in [-0.4, -0.2) is 68.7 Å². The Morgan fingerprint density at radius 2 is 1.95 bits per heavy atom. The van der Waals surface area contributed by atoms with Crippen LogP contribution in [-0.2, 0) is 18.3 Å². The maximum Gasteiger partial charge on any atom is 0.436 e. The number of aliphatic imine (C=N–C) groups is 2. The molecule has 6 rings (SSSR count). The highest BCUT2D eigenvalue weighted by Crippen LogP contribution is 2.37. The molecule has 8 nitrogen and oxygen atoms in total. The predicted octanol–water partition coefficient (Wildman–Crippen LogP) is 4.18. The van der Waals surface area contributed by atoms with Crippen LogP contribution in [0.2, 0.25) is 0 Å². The normalized spacial score (nSPS) is 21.6. The summed E-state index contributed by atoms with van der Waals surface area (Å²) in [4.78, 5) is 16.4. The summed E-state index contributed by atoms with van der Waals surface area (Å²) in [5.74, 6) is -1.29. The summed E-state index contributed by atoms with van der Waals surface area (Å²) in [6.45, 7) is 2.77. The zero-order chi connectivity index (χ0) is 27.2. The molecule has 202 valence electrons. The van der Waals surface area contributed by atoms with E-state index < -0.39 is 23.2 Å². The Morgan fingerprint density at radius 1 is 1.15 bits per heavy atom. The molecular formula is C27H26F4N8. The molecule has 2 fully saturated rings. The number of pyridine rings is 1. The van der Waals surface area contributed by atoms with Crippen molar-refractivity contribution < 1.29 is 17.6 Å². The second-order valence-corrected chi connectivity index (χ2v) is 10.4. The maximum atomic E-state index is 14.4. The van der Waals surface area contributed by atoms with Gasteiger partial charge in [0.25, 0.3) is 0 Å². The molecule has 2 aromatic heterocycles. The van der Waals surface area contributed by atoms with Gasteiger partial charge in [-0.25, -0.2) is 9.37 Å². The minimum absolute atomic E-state index is 0.00655. The number of nitrogens with zero attached hydrogens (tertiary/aromatic N) is 8. The van der Waals surface area contributed by atoms with Crippen molar-refractivity contribution in [2.45, 2.75) is 50.0 Å². The SMILES string of the molecule is N#CCC1(n2ccc(C3=C4C=CN=C4CC=N3)n2)CN(C2CCN(Cc3ccnc(C(F)(F)F)c3F)CC2)C1. The molecule has 0 unspecified atom stereocenters. The van der Waals surface area contributed by atoms with Gasteiger partial charge in [-0.1, -0.05) is 0 Å². The van der Waals surface area contributed by atoms with Crippen LogP contribution in [0.1, 0.15) is 42.6 Å². The van der Waals surface area contributed by atoms with Gasteiger partial charge in [0.2, 0.25) is 0 Å². The van der Waals surface area contributed by atoms with E-state index in [2.05, 4.69) is 25.9 Å². The number of rotatable bonds is 6. The van der Waals surface area contributed by atoms with Crippen LogP contribution >= 0.6 is 0 Å². The lowest BCUT2D eigenvalue weighted by molar-refractivity contribution is -0.143. The molecular weight excluding hydrogens is 512 g/mol. The second-order valence-electron chi connectivity index (χ2n) is 10.4. The van der Waals surface area contributed by atoms with E-state index in [1.54, 1.807) is 6.20 Å². The quantitative estimate of drug-likeness (QED) is 0.516. The van der Waals surface area contributed by atoms with Crippen LogP contribution in [0.3, 0.4) is 0 Å². The monoisotopic (exact) mass is 538 g/mol. The van der Waals surface area contributed by atoms with Gasteiger partial charge in [0.1, 0.15) is 11.2 Å². The van der Waals surface area contributed by atoms with Gasteiger partial charge in [0.05, 0.1) is 23.9 Å². The lowest BCUT2D eigenvalue weighted by Crippen LogP contribution is -2.66. The van der Waals surface area contributed by atoms with E-state index in [0.717, 1.165) is 41.7 Å². The summed E-state index contributed by atoms with van der Waals surface area (Å²) in [7, 11) is 0. The summed E-state index contributed by atoms with van der Waals surface area (Å²) in [6.07, 6.45) is 6.31. The average Bonchev–Trinajstić information content (AvgIpc) is 3.57. The molecule has 12 heteroatoms. The van der Waals surface area contributed by atoms with E-state index in [-0.39, 0.29) is 18.2 Å². The van der Waals surface area contributed by atoms with Crippen molar-refractivity contribution in [1.82, 2.24) is 24.6 Å². The molecule has 2 aromatic rings. The second kappa shape index (κ2) is 9.81. The fraction of sp³-hybridized carbons (Fsp3) is 0.444. The Bertz CT molecular complexity index is 1430. The first-order valence-corrected chi connectivity index (χ1v) is 12.9. The lowest BCUT2D eigenvalue weighted by atomic mass is 9.84. The highest BCUT2D eigenvalue weighted by molar-refractivity contribution is 6.17. The molecule has 0 radical (unpaired) electrons. The van der Waals surface area contributed by atoms with Crippen LogP contribution in [0.25, 0.3) is 5.70 Å². The highest BCUT2D eigenvalue weighted by Gasteiger charge is 2.48. The third kappa shape index (κ3) is 4.70. The topological polar surface area (TPSA) is 85.7 Å². The van der Waals surface area contributed by atoms with Crippen molar-refractivity contribution in [3.05, 3.63) is 65.1 Å². The molecule has 6 heterocycles. The number of hydrogen-bond acceptors (Lipinski definition) is 7. The predicted molar refractivity (Wildman–Crippen MR) is 136 cm³/mol. The van der Waals surface area contributed by atoms with Crippen molar-refractivity contribution in [3.8, 4) is 6.07 Å². The number of alkyl halides is 3.